The third-order valence-electron chi connectivity index (χ3n) is 2.99. The van der Waals surface area contributed by atoms with Gasteiger partial charge in [0, 0.05) is 12.6 Å². The van der Waals surface area contributed by atoms with Crippen LogP contribution in [0.5, 0.6) is 0 Å². The molecule has 0 saturated heterocycles. The highest BCUT2D eigenvalue weighted by atomic mass is 19.1. The molecule has 0 saturated carbocycles. The highest BCUT2D eigenvalue weighted by Crippen LogP contribution is 2.09. The van der Waals surface area contributed by atoms with Gasteiger partial charge < -0.3 is 10.6 Å². The molecule has 0 aliphatic heterocycles. The van der Waals surface area contributed by atoms with E-state index in [0.717, 1.165) is 12.1 Å². The van der Waals surface area contributed by atoms with E-state index in [0.29, 0.717) is 11.6 Å². The Bertz CT molecular complexity index is 718. The smallest absolute Gasteiger partial charge is 0.254 e. The quantitative estimate of drug-likeness (QED) is 0.886. The molecule has 0 bridgehead atoms. The maximum absolute atomic E-state index is 13.4. The topological polar surface area (TPSA) is 58.2 Å². The zero-order valence-corrected chi connectivity index (χ0v) is 11.9. The second-order valence-corrected chi connectivity index (χ2v) is 4.71. The Kier molecular flexibility index (Phi) is 5.35. The molecule has 0 atom stereocenters. The molecule has 0 aliphatic carbocycles. The normalized spacial score (nSPS) is 10.2. The van der Waals surface area contributed by atoms with Gasteiger partial charge in [0.2, 0.25) is 5.91 Å². The van der Waals surface area contributed by atoms with Crippen molar-refractivity contribution in [3.63, 3.8) is 0 Å². The lowest BCUT2D eigenvalue weighted by molar-refractivity contribution is -0.120. The molecule has 2 amide bonds. The van der Waals surface area contributed by atoms with Crippen molar-refractivity contribution >= 4 is 11.8 Å². The summed E-state index contributed by atoms with van der Waals surface area (Å²) < 4.78 is 38.9. The Hall–Kier alpha value is -2.83. The molecule has 0 spiro atoms. The predicted molar refractivity (Wildman–Crippen MR) is 76.9 cm³/mol. The fourth-order valence-electron chi connectivity index (χ4n) is 1.79. The summed E-state index contributed by atoms with van der Waals surface area (Å²) in [5, 5.41) is 4.75. The molecule has 0 unspecified atom stereocenters. The number of hydrogen-bond acceptors (Lipinski definition) is 2. The van der Waals surface area contributed by atoms with Gasteiger partial charge in [0.15, 0.2) is 0 Å². The monoisotopic (exact) mass is 322 g/mol. The van der Waals surface area contributed by atoms with E-state index in [4.69, 9.17) is 0 Å². The van der Waals surface area contributed by atoms with E-state index in [1.54, 1.807) is 0 Å². The molecule has 0 aromatic heterocycles. The van der Waals surface area contributed by atoms with Crippen molar-refractivity contribution < 1.29 is 22.8 Å². The van der Waals surface area contributed by atoms with Gasteiger partial charge in [0.1, 0.15) is 17.5 Å². The number of halogens is 3. The van der Waals surface area contributed by atoms with E-state index in [1.807, 2.05) is 0 Å². The maximum Gasteiger partial charge on any atom is 0.254 e. The second-order valence-electron chi connectivity index (χ2n) is 4.71. The van der Waals surface area contributed by atoms with E-state index in [1.165, 1.54) is 24.3 Å². The number of carbonyl (C=O) groups excluding carboxylic acids is 2. The summed E-state index contributed by atoms with van der Waals surface area (Å²) in [5.74, 6) is -3.50. The van der Waals surface area contributed by atoms with Crippen molar-refractivity contribution in [3.05, 3.63) is 71.0 Å². The summed E-state index contributed by atoms with van der Waals surface area (Å²) in [4.78, 5) is 23.3. The lowest BCUT2D eigenvalue weighted by Gasteiger charge is -2.08. The minimum Gasteiger partial charge on any atom is -0.350 e. The Balaban J connectivity index is 1.81. The first-order valence-corrected chi connectivity index (χ1v) is 6.70. The van der Waals surface area contributed by atoms with Crippen molar-refractivity contribution in [2.45, 2.75) is 6.54 Å². The van der Waals surface area contributed by atoms with Crippen LogP contribution in [0.25, 0.3) is 0 Å². The van der Waals surface area contributed by atoms with Crippen LogP contribution < -0.4 is 10.6 Å². The summed E-state index contributed by atoms with van der Waals surface area (Å²) in [6.45, 7) is -0.198. The highest BCUT2D eigenvalue weighted by Gasteiger charge is 2.13. The van der Waals surface area contributed by atoms with E-state index in [9.17, 15) is 22.8 Å². The summed E-state index contributed by atoms with van der Waals surface area (Å²) in [5.41, 5.74) is 0.341. The fourth-order valence-corrected chi connectivity index (χ4v) is 1.79. The third-order valence-corrected chi connectivity index (χ3v) is 2.99. The fraction of sp³-hybridized carbons (Fsp3) is 0.125. The van der Waals surface area contributed by atoms with Crippen LogP contribution in [-0.4, -0.2) is 18.4 Å². The molecule has 2 rings (SSSR count). The Labute approximate surface area is 130 Å². The SMILES string of the molecule is O=C(CNC(=O)c1ccc(F)cc1F)NCc1ccc(F)cc1. The largest absolute Gasteiger partial charge is 0.350 e. The van der Waals surface area contributed by atoms with Gasteiger partial charge in [-0.05, 0) is 29.8 Å². The van der Waals surface area contributed by atoms with Gasteiger partial charge in [-0.25, -0.2) is 13.2 Å². The number of carbonyl (C=O) groups is 2. The summed E-state index contributed by atoms with van der Waals surface area (Å²) in [6.07, 6.45) is 0. The Morgan fingerprint density at radius 1 is 0.870 bits per heavy atom. The number of benzene rings is 2. The van der Waals surface area contributed by atoms with Crippen LogP contribution in [0.4, 0.5) is 13.2 Å². The summed E-state index contributed by atoms with van der Waals surface area (Å²) >= 11 is 0. The first kappa shape index (κ1) is 16.5. The van der Waals surface area contributed by atoms with E-state index in [2.05, 4.69) is 10.6 Å². The van der Waals surface area contributed by atoms with Gasteiger partial charge in [-0.1, -0.05) is 12.1 Å². The first-order chi connectivity index (χ1) is 11.0. The molecule has 120 valence electrons. The minimum absolute atomic E-state index is 0.167. The second kappa shape index (κ2) is 7.44. The van der Waals surface area contributed by atoms with E-state index in [-0.39, 0.29) is 24.5 Å². The average Bonchev–Trinajstić information content (AvgIpc) is 2.52. The van der Waals surface area contributed by atoms with Crippen molar-refractivity contribution in [3.8, 4) is 0 Å². The summed E-state index contributed by atoms with van der Waals surface area (Å²) in [6, 6.07) is 8.10. The molecule has 0 aliphatic rings. The molecule has 0 heterocycles. The van der Waals surface area contributed by atoms with Crippen molar-refractivity contribution in [1.29, 1.82) is 0 Å². The van der Waals surface area contributed by atoms with Crippen LogP contribution in [0.2, 0.25) is 0 Å². The van der Waals surface area contributed by atoms with Gasteiger partial charge in [0.25, 0.3) is 5.91 Å². The first-order valence-electron chi connectivity index (χ1n) is 6.70. The zero-order chi connectivity index (χ0) is 16.8. The number of rotatable bonds is 5. The molecule has 2 aromatic rings. The molecule has 7 heteroatoms. The van der Waals surface area contributed by atoms with Crippen LogP contribution in [0.3, 0.4) is 0 Å². The van der Waals surface area contributed by atoms with Crippen LogP contribution in [0.1, 0.15) is 15.9 Å². The molecule has 2 N–H and O–H groups in total. The van der Waals surface area contributed by atoms with E-state index >= 15 is 0 Å². The minimum atomic E-state index is -1.01. The molecule has 2 aromatic carbocycles. The number of hydrogen-bond donors (Lipinski definition) is 2. The van der Waals surface area contributed by atoms with Crippen molar-refractivity contribution in [1.82, 2.24) is 10.6 Å². The standard InChI is InChI=1S/C16H13F3N2O2/c17-11-3-1-10(2-4-11)8-20-15(22)9-21-16(23)13-6-5-12(18)7-14(13)19/h1-7H,8-9H2,(H,20,22)(H,21,23). The van der Waals surface area contributed by atoms with Crippen molar-refractivity contribution in [2.24, 2.45) is 0 Å². The van der Waals surface area contributed by atoms with Crippen LogP contribution in [0, 0.1) is 17.5 Å². The van der Waals surface area contributed by atoms with E-state index < -0.39 is 23.4 Å². The lowest BCUT2D eigenvalue weighted by Crippen LogP contribution is -2.36. The number of nitrogens with one attached hydrogen (secondary N) is 2. The maximum atomic E-state index is 13.4. The Morgan fingerprint density at radius 2 is 1.52 bits per heavy atom. The highest BCUT2D eigenvalue weighted by molar-refractivity contribution is 5.96. The van der Waals surface area contributed by atoms with Crippen LogP contribution in [-0.2, 0) is 11.3 Å². The zero-order valence-electron chi connectivity index (χ0n) is 11.9. The summed E-state index contributed by atoms with van der Waals surface area (Å²) in [7, 11) is 0. The van der Waals surface area contributed by atoms with Gasteiger partial charge in [-0.2, -0.15) is 0 Å². The molecular weight excluding hydrogens is 309 g/mol. The molecule has 23 heavy (non-hydrogen) atoms. The van der Waals surface area contributed by atoms with Gasteiger partial charge in [-0.3, -0.25) is 9.59 Å². The van der Waals surface area contributed by atoms with Gasteiger partial charge in [-0.15, -0.1) is 0 Å². The number of amides is 2. The van der Waals surface area contributed by atoms with Gasteiger partial charge in [0.05, 0.1) is 12.1 Å². The molecule has 4 nitrogen and oxygen atoms in total. The lowest BCUT2D eigenvalue weighted by atomic mass is 10.2. The van der Waals surface area contributed by atoms with Crippen LogP contribution >= 0.6 is 0 Å². The van der Waals surface area contributed by atoms with Gasteiger partial charge >= 0.3 is 0 Å². The van der Waals surface area contributed by atoms with Crippen molar-refractivity contribution in [2.75, 3.05) is 6.54 Å². The average molecular weight is 322 g/mol. The third kappa shape index (κ3) is 4.84. The Morgan fingerprint density at radius 3 is 2.17 bits per heavy atom. The predicted octanol–water partition coefficient (Wildman–Crippen LogP) is 2.15. The van der Waals surface area contributed by atoms with Crippen LogP contribution in [0.15, 0.2) is 42.5 Å². The molecular formula is C16H13F3N2O2. The molecule has 0 fully saturated rings. The molecule has 0 radical (unpaired) electrons.